The Balaban J connectivity index is 1.36. The molecule has 0 spiro atoms. The maximum atomic E-state index is 13.2. The first-order valence-electron chi connectivity index (χ1n) is 11.4. The van der Waals surface area contributed by atoms with Gasteiger partial charge in [-0.2, -0.15) is 0 Å². The fourth-order valence-electron chi connectivity index (χ4n) is 5.02. The third-order valence-corrected chi connectivity index (χ3v) is 6.96. The second kappa shape index (κ2) is 9.55. The Kier molecular flexibility index (Phi) is 6.80. The fourth-order valence-corrected chi connectivity index (χ4v) is 5.02. The summed E-state index contributed by atoms with van der Waals surface area (Å²) in [6.45, 7) is 4.90. The van der Waals surface area contributed by atoms with Crippen LogP contribution in [0.25, 0.3) is 0 Å². The molecule has 1 aromatic carbocycles. The molecule has 1 N–H and O–H groups in total. The molecule has 0 aliphatic carbocycles. The summed E-state index contributed by atoms with van der Waals surface area (Å²) in [7, 11) is 0. The zero-order valence-corrected chi connectivity index (χ0v) is 18.2. The second-order valence-electron chi connectivity index (χ2n) is 9.08. The zero-order chi connectivity index (χ0) is 21.8. The van der Waals surface area contributed by atoms with E-state index < -0.39 is 5.60 Å². The first kappa shape index (κ1) is 22.1. The largest absolute Gasteiger partial charge is 0.388 e. The van der Waals surface area contributed by atoms with Crippen LogP contribution >= 0.6 is 0 Å². The van der Waals surface area contributed by atoms with Gasteiger partial charge >= 0.3 is 0 Å². The number of rotatable bonds is 6. The maximum absolute atomic E-state index is 13.2. The van der Waals surface area contributed by atoms with E-state index in [1.165, 1.54) is 24.1 Å². The molecule has 0 bridgehead atoms. The molecule has 1 aromatic heterocycles. The fraction of sp³-hybridized carbons (Fsp3) is 0.520. The average molecular weight is 426 g/mol. The first-order chi connectivity index (χ1) is 15.0. The Morgan fingerprint density at radius 1 is 1.19 bits per heavy atom. The van der Waals surface area contributed by atoms with Crippen LogP contribution in [0.3, 0.4) is 0 Å². The normalized spacial score (nSPS) is 23.4. The number of β-amino-alcohol motifs (C(OH)–C–C–N with tert-alkyl or cyclic N) is 1. The molecule has 31 heavy (non-hydrogen) atoms. The van der Waals surface area contributed by atoms with Crippen LogP contribution in [0.2, 0.25) is 0 Å². The van der Waals surface area contributed by atoms with Crippen LogP contribution in [0, 0.1) is 5.82 Å². The third kappa shape index (κ3) is 5.20. The molecule has 5 nitrogen and oxygen atoms in total. The van der Waals surface area contributed by atoms with Crippen molar-refractivity contribution in [3.63, 3.8) is 0 Å². The monoisotopic (exact) mass is 425 g/mol. The molecule has 2 saturated heterocycles. The average Bonchev–Trinajstić information content (AvgIpc) is 2.80. The summed E-state index contributed by atoms with van der Waals surface area (Å²) in [6.07, 6.45) is 8.48. The molecule has 166 valence electrons. The summed E-state index contributed by atoms with van der Waals surface area (Å²) >= 11 is 0. The number of hydrogen-bond donors (Lipinski definition) is 1. The summed E-state index contributed by atoms with van der Waals surface area (Å²) in [5, 5.41) is 11.4. The van der Waals surface area contributed by atoms with Crippen molar-refractivity contribution >= 4 is 5.78 Å². The van der Waals surface area contributed by atoms with Crippen molar-refractivity contribution in [3.8, 4) is 0 Å². The van der Waals surface area contributed by atoms with Gasteiger partial charge in [-0.1, -0.05) is 12.5 Å². The van der Waals surface area contributed by atoms with Gasteiger partial charge in [0.2, 0.25) is 0 Å². The number of ketones is 1. The van der Waals surface area contributed by atoms with Gasteiger partial charge in [0, 0.05) is 43.6 Å². The van der Waals surface area contributed by atoms with Crippen LogP contribution in [0.1, 0.15) is 61.0 Å². The minimum atomic E-state index is -0.743. The van der Waals surface area contributed by atoms with Gasteiger partial charge in [-0.3, -0.25) is 19.6 Å². The maximum Gasteiger partial charge on any atom is 0.179 e. The number of aromatic nitrogens is 1. The van der Waals surface area contributed by atoms with Crippen LogP contribution in [0.15, 0.2) is 48.8 Å². The number of carbonyl (C=O) groups is 1. The van der Waals surface area contributed by atoms with Crippen LogP contribution < -0.4 is 0 Å². The van der Waals surface area contributed by atoms with E-state index in [-0.39, 0.29) is 17.6 Å². The Bertz CT molecular complexity index is 866. The summed E-state index contributed by atoms with van der Waals surface area (Å²) in [5.74, 6) is -0.340. The number of nitrogens with zero attached hydrogens (tertiary/aromatic N) is 3. The van der Waals surface area contributed by atoms with Crippen molar-refractivity contribution in [2.45, 2.75) is 56.7 Å². The highest BCUT2D eigenvalue weighted by Crippen LogP contribution is 2.34. The molecule has 2 aromatic rings. The van der Waals surface area contributed by atoms with Crippen LogP contribution in [-0.4, -0.2) is 63.5 Å². The van der Waals surface area contributed by atoms with E-state index in [1.807, 2.05) is 19.2 Å². The van der Waals surface area contributed by atoms with Gasteiger partial charge < -0.3 is 5.11 Å². The molecule has 6 heteroatoms. The van der Waals surface area contributed by atoms with Crippen LogP contribution in [0.5, 0.6) is 0 Å². The summed E-state index contributed by atoms with van der Waals surface area (Å²) in [6, 6.07) is 9.88. The number of pyridine rings is 1. The van der Waals surface area contributed by atoms with E-state index in [0.717, 1.165) is 19.4 Å². The van der Waals surface area contributed by atoms with Gasteiger partial charge in [0.1, 0.15) is 5.82 Å². The van der Waals surface area contributed by atoms with Crippen molar-refractivity contribution in [3.05, 3.63) is 65.7 Å². The lowest BCUT2D eigenvalue weighted by atomic mass is 9.87. The van der Waals surface area contributed by atoms with Crippen molar-refractivity contribution < 1.29 is 14.3 Å². The van der Waals surface area contributed by atoms with Gasteiger partial charge in [0.25, 0.3) is 0 Å². The summed E-state index contributed by atoms with van der Waals surface area (Å²) in [5.41, 5.74) is 1.01. The summed E-state index contributed by atoms with van der Waals surface area (Å²) < 4.78 is 13.2. The molecule has 3 heterocycles. The smallest absolute Gasteiger partial charge is 0.179 e. The molecule has 0 amide bonds. The van der Waals surface area contributed by atoms with E-state index in [9.17, 15) is 14.3 Å². The molecule has 2 aliphatic rings. The number of carbonyl (C=O) groups excluding carboxylic acids is 1. The molecular weight excluding hydrogens is 393 g/mol. The molecule has 0 saturated carbocycles. The Hall–Kier alpha value is -2.15. The minimum absolute atomic E-state index is 0.00175. The summed E-state index contributed by atoms with van der Waals surface area (Å²) in [4.78, 5) is 21.6. The lowest BCUT2D eigenvalue weighted by Gasteiger charge is -2.45. The first-order valence-corrected chi connectivity index (χ1v) is 11.4. The van der Waals surface area contributed by atoms with Crippen molar-refractivity contribution in [2.24, 2.45) is 0 Å². The molecule has 0 radical (unpaired) electrons. The topological polar surface area (TPSA) is 56.7 Å². The predicted octanol–water partition coefficient (Wildman–Crippen LogP) is 3.85. The Morgan fingerprint density at radius 2 is 1.94 bits per heavy atom. The van der Waals surface area contributed by atoms with Crippen LogP contribution in [0.4, 0.5) is 4.39 Å². The van der Waals surface area contributed by atoms with E-state index in [4.69, 9.17) is 0 Å². The van der Waals surface area contributed by atoms with Crippen molar-refractivity contribution in [2.75, 3.05) is 26.2 Å². The highest BCUT2D eigenvalue weighted by atomic mass is 19.1. The SMILES string of the molecule is C[C@@H](C(=O)c1ccc(F)cc1)N1CCC(O)(CN2CCCC[C@@H]2c2cccnc2)CC1. The highest BCUT2D eigenvalue weighted by Gasteiger charge is 2.38. The molecule has 2 aliphatic heterocycles. The number of hydrogen-bond acceptors (Lipinski definition) is 5. The number of aliphatic hydroxyl groups is 1. The second-order valence-corrected chi connectivity index (χ2v) is 9.08. The number of benzene rings is 1. The highest BCUT2D eigenvalue weighted by molar-refractivity contribution is 5.99. The minimum Gasteiger partial charge on any atom is -0.388 e. The molecule has 4 rings (SSSR count). The molecule has 0 unspecified atom stereocenters. The Morgan fingerprint density at radius 3 is 2.61 bits per heavy atom. The van der Waals surface area contributed by atoms with Gasteiger partial charge in [0.15, 0.2) is 5.78 Å². The van der Waals surface area contributed by atoms with Crippen LogP contribution in [-0.2, 0) is 0 Å². The van der Waals surface area contributed by atoms with Gasteiger partial charge in [-0.15, -0.1) is 0 Å². The van der Waals surface area contributed by atoms with Crippen molar-refractivity contribution in [1.29, 1.82) is 0 Å². The number of piperidine rings is 2. The molecular formula is C25H32FN3O2. The Labute approximate surface area is 183 Å². The van der Waals surface area contributed by atoms with Gasteiger partial charge in [0.05, 0.1) is 11.6 Å². The predicted molar refractivity (Wildman–Crippen MR) is 118 cm³/mol. The lowest BCUT2D eigenvalue weighted by Crippen LogP contribution is -2.54. The van der Waals surface area contributed by atoms with E-state index in [2.05, 4.69) is 20.9 Å². The number of likely N-dealkylation sites (tertiary alicyclic amines) is 2. The lowest BCUT2D eigenvalue weighted by molar-refractivity contribution is -0.0619. The van der Waals surface area contributed by atoms with E-state index >= 15 is 0 Å². The van der Waals surface area contributed by atoms with Gasteiger partial charge in [-0.05, 0) is 75.0 Å². The van der Waals surface area contributed by atoms with Gasteiger partial charge in [-0.25, -0.2) is 4.39 Å². The standard InChI is InChI=1S/C25H32FN3O2/c1-19(24(30)20-7-9-22(26)10-8-20)28-15-11-25(31,12-16-28)18-29-14-3-2-6-23(29)21-5-4-13-27-17-21/h4-5,7-10,13,17,19,23,31H,2-3,6,11-12,14-16,18H2,1H3/t19-,23+/m0/s1. The molecule has 2 fully saturated rings. The van der Waals surface area contributed by atoms with Crippen molar-refractivity contribution in [1.82, 2.24) is 14.8 Å². The third-order valence-electron chi connectivity index (χ3n) is 6.96. The number of halogens is 1. The van der Waals surface area contributed by atoms with E-state index in [1.54, 1.807) is 18.3 Å². The van der Waals surface area contributed by atoms with E-state index in [0.29, 0.717) is 44.1 Å². The molecule has 2 atom stereocenters. The zero-order valence-electron chi connectivity index (χ0n) is 18.2. The number of Topliss-reactive ketones (excluding diaryl/α,β-unsaturated/α-hetero) is 1. The quantitative estimate of drug-likeness (QED) is 0.713.